The first-order valence-corrected chi connectivity index (χ1v) is 6.18. The van der Waals surface area contributed by atoms with Gasteiger partial charge in [0.1, 0.15) is 11.6 Å². The highest BCUT2D eigenvalue weighted by molar-refractivity contribution is 5.55. The molecule has 0 aliphatic carbocycles. The quantitative estimate of drug-likeness (QED) is 0.939. The Labute approximate surface area is 120 Å². The van der Waals surface area contributed by atoms with Gasteiger partial charge in [-0.25, -0.2) is 9.97 Å². The largest absolute Gasteiger partial charge is 0.497 e. The SMILES string of the molecule is COc1ccc(NCc2ccnc(C)n2)c(C(F)(F)F)c1. The highest BCUT2D eigenvalue weighted by Gasteiger charge is 2.34. The number of alkyl halides is 3. The summed E-state index contributed by atoms with van der Waals surface area (Å²) < 4.78 is 43.9. The maximum atomic E-state index is 13.0. The van der Waals surface area contributed by atoms with Gasteiger partial charge in [0.25, 0.3) is 0 Å². The third-order valence-electron chi connectivity index (χ3n) is 2.83. The van der Waals surface area contributed by atoms with E-state index in [1.54, 1.807) is 19.2 Å². The van der Waals surface area contributed by atoms with E-state index in [4.69, 9.17) is 4.74 Å². The van der Waals surface area contributed by atoms with Crippen LogP contribution >= 0.6 is 0 Å². The number of aromatic nitrogens is 2. The van der Waals surface area contributed by atoms with Crippen LogP contribution in [-0.4, -0.2) is 17.1 Å². The Morgan fingerprint density at radius 2 is 2.00 bits per heavy atom. The van der Waals surface area contributed by atoms with Gasteiger partial charge in [-0.15, -0.1) is 0 Å². The molecule has 1 aromatic carbocycles. The molecule has 0 unspecified atom stereocenters. The molecule has 0 saturated carbocycles. The number of nitrogens with zero attached hydrogens (tertiary/aromatic N) is 2. The number of anilines is 1. The molecule has 0 radical (unpaired) electrons. The number of rotatable bonds is 4. The number of halogens is 3. The van der Waals surface area contributed by atoms with Crippen LogP contribution in [0.4, 0.5) is 18.9 Å². The van der Waals surface area contributed by atoms with Crippen molar-refractivity contribution in [2.24, 2.45) is 0 Å². The molecule has 2 aromatic rings. The maximum Gasteiger partial charge on any atom is 0.418 e. The van der Waals surface area contributed by atoms with E-state index in [-0.39, 0.29) is 18.0 Å². The van der Waals surface area contributed by atoms with Crippen molar-refractivity contribution in [3.63, 3.8) is 0 Å². The van der Waals surface area contributed by atoms with Gasteiger partial charge in [-0.3, -0.25) is 0 Å². The van der Waals surface area contributed by atoms with E-state index in [0.717, 1.165) is 6.07 Å². The van der Waals surface area contributed by atoms with Gasteiger partial charge in [0, 0.05) is 11.9 Å². The monoisotopic (exact) mass is 297 g/mol. The predicted octanol–water partition coefficient (Wildman–Crippen LogP) is 3.42. The normalized spacial score (nSPS) is 11.3. The van der Waals surface area contributed by atoms with Crippen molar-refractivity contribution in [2.45, 2.75) is 19.6 Å². The second-order valence-corrected chi connectivity index (χ2v) is 4.36. The van der Waals surface area contributed by atoms with Crippen molar-refractivity contribution in [1.82, 2.24) is 9.97 Å². The van der Waals surface area contributed by atoms with E-state index in [9.17, 15) is 13.2 Å². The summed E-state index contributed by atoms with van der Waals surface area (Å²) in [5.41, 5.74) is -0.168. The first kappa shape index (κ1) is 15.1. The van der Waals surface area contributed by atoms with Gasteiger partial charge < -0.3 is 10.1 Å². The molecular weight excluding hydrogens is 283 g/mol. The van der Waals surface area contributed by atoms with E-state index >= 15 is 0 Å². The van der Waals surface area contributed by atoms with E-state index < -0.39 is 11.7 Å². The zero-order valence-corrected chi connectivity index (χ0v) is 11.5. The zero-order valence-electron chi connectivity index (χ0n) is 11.5. The van der Waals surface area contributed by atoms with Gasteiger partial charge in [-0.1, -0.05) is 0 Å². The average Bonchev–Trinajstić information content (AvgIpc) is 2.44. The summed E-state index contributed by atoms with van der Waals surface area (Å²) in [5, 5.41) is 2.75. The minimum Gasteiger partial charge on any atom is -0.497 e. The van der Waals surface area contributed by atoms with E-state index in [1.165, 1.54) is 19.2 Å². The zero-order chi connectivity index (χ0) is 15.5. The summed E-state index contributed by atoms with van der Waals surface area (Å²) in [5.74, 6) is 0.728. The van der Waals surface area contributed by atoms with Gasteiger partial charge in [-0.05, 0) is 31.2 Å². The van der Waals surface area contributed by atoms with Crippen LogP contribution in [-0.2, 0) is 12.7 Å². The van der Waals surface area contributed by atoms with Gasteiger partial charge in [0.15, 0.2) is 0 Å². The summed E-state index contributed by atoms with van der Waals surface area (Å²) in [6.07, 6.45) is -2.89. The van der Waals surface area contributed by atoms with Gasteiger partial charge >= 0.3 is 6.18 Å². The number of benzene rings is 1. The molecule has 1 heterocycles. The molecule has 0 bridgehead atoms. The fraction of sp³-hybridized carbons (Fsp3) is 0.286. The number of ether oxygens (including phenoxy) is 1. The van der Waals surface area contributed by atoms with Crippen LogP contribution < -0.4 is 10.1 Å². The highest BCUT2D eigenvalue weighted by Crippen LogP contribution is 2.37. The lowest BCUT2D eigenvalue weighted by Gasteiger charge is -2.15. The van der Waals surface area contributed by atoms with Crippen molar-refractivity contribution in [3.05, 3.63) is 47.5 Å². The maximum absolute atomic E-state index is 13.0. The minimum atomic E-state index is -4.46. The Balaban J connectivity index is 2.23. The number of hydrogen-bond donors (Lipinski definition) is 1. The lowest BCUT2D eigenvalue weighted by atomic mass is 10.1. The molecule has 0 saturated heterocycles. The van der Waals surface area contributed by atoms with Crippen LogP contribution in [0.1, 0.15) is 17.1 Å². The number of methoxy groups -OCH3 is 1. The first-order valence-electron chi connectivity index (χ1n) is 6.18. The number of aryl methyl sites for hydroxylation is 1. The van der Waals surface area contributed by atoms with Gasteiger partial charge in [0.05, 0.1) is 24.9 Å². The Morgan fingerprint density at radius 1 is 1.24 bits per heavy atom. The lowest BCUT2D eigenvalue weighted by Crippen LogP contribution is -2.12. The van der Waals surface area contributed by atoms with E-state index in [2.05, 4.69) is 15.3 Å². The highest BCUT2D eigenvalue weighted by atomic mass is 19.4. The molecule has 0 atom stereocenters. The van der Waals surface area contributed by atoms with Gasteiger partial charge in [-0.2, -0.15) is 13.2 Å². The first-order chi connectivity index (χ1) is 9.90. The molecule has 0 aliphatic heterocycles. The molecule has 0 spiro atoms. The average molecular weight is 297 g/mol. The Bertz CT molecular complexity index is 629. The Morgan fingerprint density at radius 3 is 2.62 bits per heavy atom. The summed E-state index contributed by atoms with van der Waals surface area (Å²) in [6.45, 7) is 1.90. The molecular formula is C14H14F3N3O. The molecule has 0 aliphatic rings. The fourth-order valence-corrected chi connectivity index (χ4v) is 1.83. The van der Waals surface area contributed by atoms with Crippen molar-refractivity contribution >= 4 is 5.69 Å². The van der Waals surface area contributed by atoms with Crippen molar-refractivity contribution in [2.75, 3.05) is 12.4 Å². The second kappa shape index (κ2) is 5.99. The van der Waals surface area contributed by atoms with E-state index in [1.807, 2.05) is 0 Å². The molecule has 0 amide bonds. The molecule has 7 heteroatoms. The Hall–Kier alpha value is -2.31. The third-order valence-corrected chi connectivity index (χ3v) is 2.83. The number of nitrogens with one attached hydrogen (secondary N) is 1. The van der Waals surface area contributed by atoms with Crippen molar-refractivity contribution < 1.29 is 17.9 Å². The number of hydrogen-bond acceptors (Lipinski definition) is 4. The summed E-state index contributed by atoms with van der Waals surface area (Å²) in [4.78, 5) is 8.07. The topological polar surface area (TPSA) is 47.0 Å². The van der Waals surface area contributed by atoms with Crippen LogP contribution in [0.2, 0.25) is 0 Å². The summed E-state index contributed by atoms with van der Waals surface area (Å²) in [7, 11) is 1.33. The fourth-order valence-electron chi connectivity index (χ4n) is 1.83. The standard InChI is InChI=1S/C14H14F3N3O/c1-9-18-6-5-10(20-9)8-19-13-4-3-11(21-2)7-12(13)14(15,16)17/h3-7,19H,8H2,1-2H3. The molecule has 1 aromatic heterocycles. The van der Waals surface area contributed by atoms with Crippen LogP contribution in [0.5, 0.6) is 5.75 Å². The molecule has 4 nitrogen and oxygen atoms in total. The van der Waals surface area contributed by atoms with E-state index in [0.29, 0.717) is 11.5 Å². The molecule has 1 N–H and O–H groups in total. The second-order valence-electron chi connectivity index (χ2n) is 4.36. The summed E-state index contributed by atoms with van der Waals surface area (Å²) >= 11 is 0. The molecule has 0 fully saturated rings. The summed E-state index contributed by atoms with van der Waals surface area (Å²) in [6, 6.07) is 5.43. The van der Waals surface area contributed by atoms with Crippen molar-refractivity contribution in [1.29, 1.82) is 0 Å². The van der Waals surface area contributed by atoms with Crippen molar-refractivity contribution in [3.8, 4) is 5.75 Å². The van der Waals surface area contributed by atoms with Crippen LogP contribution in [0.25, 0.3) is 0 Å². The third kappa shape index (κ3) is 3.84. The van der Waals surface area contributed by atoms with Gasteiger partial charge in [0.2, 0.25) is 0 Å². The lowest BCUT2D eigenvalue weighted by molar-refractivity contribution is -0.137. The van der Waals surface area contributed by atoms with Crippen LogP contribution in [0.3, 0.4) is 0 Å². The minimum absolute atomic E-state index is 0.0143. The smallest absolute Gasteiger partial charge is 0.418 e. The molecule has 112 valence electrons. The molecule has 2 rings (SSSR count). The molecule has 21 heavy (non-hydrogen) atoms. The van der Waals surface area contributed by atoms with Crippen LogP contribution in [0.15, 0.2) is 30.5 Å². The van der Waals surface area contributed by atoms with Crippen LogP contribution in [0, 0.1) is 6.92 Å². The Kier molecular flexibility index (Phi) is 4.30. The predicted molar refractivity (Wildman–Crippen MR) is 72.1 cm³/mol.